The van der Waals surface area contributed by atoms with Crippen LogP contribution in [0.5, 0.6) is 0 Å². The van der Waals surface area contributed by atoms with Gasteiger partial charge in [-0.3, -0.25) is 4.79 Å². The smallest absolute Gasteiger partial charge is 0.349 e. The van der Waals surface area contributed by atoms with Crippen LogP contribution in [-0.4, -0.2) is 51.0 Å². The molecule has 1 saturated heterocycles. The highest BCUT2D eigenvalue weighted by molar-refractivity contribution is 5.79. The summed E-state index contributed by atoms with van der Waals surface area (Å²) in [6, 6.07) is 2.75. The van der Waals surface area contributed by atoms with Gasteiger partial charge in [0.05, 0.1) is 12.6 Å². The minimum atomic E-state index is -4.51. The Bertz CT molecular complexity index is 930. The molecule has 1 aromatic rings. The Morgan fingerprint density at radius 1 is 1.25 bits per heavy atom. The monoisotopic (exact) mass is 448 g/mol. The third-order valence-corrected chi connectivity index (χ3v) is 7.72. The van der Waals surface area contributed by atoms with E-state index in [0.29, 0.717) is 18.4 Å². The van der Waals surface area contributed by atoms with E-state index in [1.807, 2.05) is 0 Å². The third-order valence-electron chi connectivity index (χ3n) is 7.72. The lowest BCUT2D eigenvalue weighted by Gasteiger charge is -2.62. The molecule has 1 aliphatic heterocycles. The van der Waals surface area contributed by atoms with Crippen molar-refractivity contribution < 1.29 is 18.0 Å². The number of amides is 1. The van der Waals surface area contributed by atoms with Crippen molar-refractivity contribution in [2.45, 2.75) is 74.7 Å². The highest BCUT2D eigenvalue weighted by Gasteiger charge is 2.58. The van der Waals surface area contributed by atoms with Gasteiger partial charge in [-0.15, -0.1) is 0 Å². The number of likely N-dealkylation sites (tertiary alicyclic amines) is 1. The molecule has 2 unspecified atom stereocenters. The number of aromatic nitrogens is 2. The van der Waals surface area contributed by atoms with Gasteiger partial charge < -0.3 is 15.5 Å². The summed E-state index contributed by atoms with van der Waals surface area (Å²) in [4.78, 5) is 22.2. The summed E-state index contributed by atoms with van der Waals surface area (Å²) in [5, 5.41) is 16.1. The van der Waals surface area contributed by atoms with Gasteiger partial charge in [-0.2, -0.15) is 18.4 Å². The van der Waals surface area contributed by atoms with E-state index in [1.54, 1.807) is 4.90 Å². The fourth-order valence-electron chi connectivity index (χ4n) is 6.99. The second-order valence-electron chi connectivity index (χ2n) is 10.1. The molecule has 4 bridgehead atoms. The fourth-order valence-corrected chi connectivity index (χ4v) is 6.99. The molecule has 3 atom stereocenters. The summed E-state index contributed by atoms with van der Waals surface area (Å²) in [5.74, 6) is 0.876. The van der Waals surface area contributed by atoms with E-state index >= 15 is 0 Å². The molecule has 32 heavy (non-hydrogen) atoms. The Morgan fingerprint density at radius 2 is 1.97 bits per heavy atom. The molecule has 7 nitrogen and oxygen atoms in total. The molecular weight excluding hydrogens is 421 g/mol. The summed E-state index contributed by atoms with van der Waals surface area (Å²) >= 11 is 0. The van der Waals surface area contributed by atoms with Gasteiger partial charge in [-0.1, -0.05) is 0 Å². The zero-order chi connectivity index (χ0) is 22.6. The quantitative estimate of drug-likeness (QED) is 0.719. The molecule has 5 aliphatic rings. The molecule has 4 aliphatic carbocycles. The number of nitrogens with zero attached hydrogens (tertiary/aromatic N) is 4. The normalized spacial score (nSPS) is 35.7. The van der Waals surface area contributed by atoms with Crippen LogP contribution in [0.25, 0.3) is 0 Å². The number of alkyl halides is 3. The molecule has 4 saturated carbocycles. The summed E-state index contributed by atoms with van der Waals surface area (Å²) in [6.45, 7) is 0.809. The van der Waals surface area contributed by atoms with Crippen molar-refractivity contribution in [2.75, 3.05) is 18.4 Å². The lowest BCUT2D eigenvalue weighted by Crippen LogP contribution is -2.67. The van der Waals surface area contributed by atoms with E-state index in [1.165, 1.54) is 0 Å². The largest absolute Gasteiger partial charge is 0.433 e. The van der Waals surface area contributed by atoms with Crippen molar-refractivity contribution in [1.29, 1.82) is 5.26 Å². The van der Waals surface area contributed by atoms with E-state index in [2.05, 4.69) is 26.7 Å². The van der Waals surface area contributed by atoms with Gasteiger partial charge in [-0.05, 0) is 69.3 Å². The molecule has 10 heteroatoms. The van der Waals surface area contributed by atoms with Crippen LogP contribution in [0.2, 0.25) is 0 Å². The number of nitriles is 1. The Hall–Kier alpha value is -2.41. The van der Waals surface area contributed by atoms with Crippen molar-refractivity contribution in [3.63, 3.8) is 0 Å². The van der Waals surface area contributed by atoms with E-state index in [9.17, 15) is 23.2 Å². The third kappa shape index (κ3) is 3.91. The van der Waals surface area contributed by atoms with E-state index in [-0.39, 0.29) is 35.5 Å². The molecule has 6 rings (SSSR count). The molecule has 2 heterocycles. The minimum Gasteiger partial charge on any atom is -0.349 e. The van der Waals surface area contributed by atoms with Crippen LogP contribution in [0.4, 0.5) is 19.1 Å². The number of anilines is 1. The first-order valence-corrected chi connectivity index (χ1v) is 11.3. The van der Waals surface area contributed by atoms with E-state index in [0.717, 1.165) is 63.6 Å². The van der Waals surface area contributed by atoms with E-state index in [4.69, 9.17) is 0 Å². The Kier molecular flexibility index (Phi) is 5.08. The average molecular weight is 448 g/mol. The highest BCUT2D eigenvalue weighted by Crippen LogP contribution is 2.58. The van der Waals surface area contributed by atoms with Crippen molar-refractivity contribution in [1.82, 2.24) is 20.2 Å². The van der Waals surface area contributed by atoms with Crippen LogP contribution in [0.3, 0.4) is 0 Å². The SMILES string of the molecule is N#C[C@@H]1CCCN1C(=O)CNC12CC3CC(C1)CC(Nc1nccc(C(F)(F)F)n1)(C3)C2. The summed E-state index contributed by atoms with van der Waals surface area (Å²) in [7, 11) is 0. The van der Waals surface area contributed by atoms with Crippen LogP contribution in [0.15, 0.2) is 12.3 Å². The summed E-state index contributed by atoms with van der Waals surface area (Å²) < 4.78 is 39.3. The predicted molar refractivity (Wildman–Crippen MR) is 109 cm³/mol. The van der Waals surface area contributed by atoms with Crippen molar-refractivity contribution in [3.05, 3.63) is 18.0 Å². The fraction of sp³-hybridized carbons (Fsp3) is 0.727. The van der Waals surface area contributed by atoms with Crippen LogP contribution in [0.1, 0.15) is 57.1 Å². The van der Waals surface area contributed by atoms with Gasteiger partial charge in [0.25, 0.3) is 0 Å². The maximum absolute atomic E-state index is 13.1. The summed E-state index contributed by atoms with van der Waals surface area (Å²) in [5.41, 5.74) is -1.54. The highest BCUT2D eigenvalue weighted by atomic mass is 19.4. The zero-order valence-electron chi connectivity index (χ0n) is 17.8. The number of nitrogens with one attached hydrogen (secondary N) is 2. The second-order valence-corrected chi connectivity index (χ2v) is 10.1. The van der Waals surface area contributed by atoms with Gasteiger partial charge in [-0.25, -0.2) is 9.97 Å². The van der Waals surface area contributed by atoms with E-state index < -0.39 is 11.9 Å². The molecule has 1 aromatic heterocycles. The number of halogens is 3. The number of carbonyl (C=O) groups is 1. The molecule has 0 radical (unpaired) electrons. The number of hydrogen-bond acceptors (Lipinski definition) is 6. The molecule has 0 aromatic carbocycles. The Morgan fingerprint density at radius 3 is 2.66 bits per heavy atom. The van der Waals surface area contributed by atoms with Crippen LogP contribution in [-0.2, 0) is 11.0 Å². The van der Waals surface area contributed by atoms with Gasteiger partial charge in [0.1, 0.15) is 11.7 Å². The van der Waals surface area contributed by atoms with Gasteiger partial charge in [0.2, 0.25) is 11.9 Å². The predicted octanol–water partition coefficient (Wildman–Crippen LogP) is 3.10. The lowest BCUT2D eigenvalue weighted by molar-refractivity contribution is -0.141. The summed E-state index contributed by atoms with van der Waals surface area (Å²) in [6.07, 6.45) is 3.73. The maximum atomic E-state index is 13.1. The first kappa shape index (κ1) is 21.4. The Labute approximate surface area is 184 Å². The van der Waals surface area contributed by atoms with Crippen molar-refractivity contribution in [2.24, 2.45) is 11.8 Å². The molecule has 172 valence electrons. The van der Waals surface area contributed by atoms with Gasteiger partial charge >= 0.3 is 6.18 Å². The minimum absolute atomic E-state index is 0.0157. The van der Waals surface area contributed by atoms with Crippen molar-refractivity contribution >= 4 is 11.9 Å². The second kappa shape index (κ2) is 7.58. The number of rotatable bonds is 5. The molecule has 1 amide bonds. The lowest BCUT2D eigenvalue weighted by atomic mass is 9.50. The molecule has 5 fully saturated rings. The molecule has 0 spiro atoms. The maximum Gasteiger partial charge on any atom is 0.433 e. The Balaban J connectivity index is 1.31. The van der Waals surface area contributed by atoms with Gasteiger partial charge in [0.15, 0.2) is 0 Å². The standard InChI is InChI=1S/C22H27F3N6O/c23-22(24,25)17-3-4-27-19(29-17)30-21-9-14-6-15(10-21)8-20(7-14,13-21)28-12-18(32)31-5-1-2-16(31)11-26/h3-4,14-16,28H,1-2,5-10,12-13H2,(H,27,29,30)/t14?,15?,16-,20?,21?/m0/s1. The van der Waals surface area contributed by atoms with Crippen LogP contribution >= 0.6 is 0 Å². The molecular formula is C22H27F3N6O. The number of hydrogen-bond donors (Lipinski definition) is 2. The average Bonchev–Trinajstić information content (AvgIpc) is 3.19. The van der Waals surface area contributed by atoms with Gasteiger partial charge in [0, 0.05) is 23.8 Å². The van der Waals surface area contributed by atoms with Crippen LogP contribution < -0.4 is 10.6 Å². The van der Waals surface area contributed by atoms with Crippen molar-refractivity contribution in [3.8, 4) is 6.07 Å². The zero-order valence-corrected chi connectivity index (χ0v) is 17.8. The number of carbonyl (C=O) groups excluding carboxylic acids is 1. The van der Waals surface area contributed by atoms with Crippen LogP contribution in [0, 0.1) is 23.2 Å². The first-order valence-electron chi connectivity index (χ1n) is 11.3. The topological polar surface area (TPSA) is 93.9 Å². The molecule has 2 N–H and O–H groups in total. The first-order chi connectivity index (χ1) is 15.2.